The fraction of sp³-hybridized carbons (Fsp3) is 0.333. The van der Waals surface area contributed by atoms with E-state index in [0.717, 1.165) is 44.0 Å². The second-order valence-corrected chi connectivity index (χ2v) is 8.21. The molecule has 0 unspecified atom stereocenters. The normalized spacial score (nSPS) is 16.0. The lowest BCUT2D eigenvalue weighted by atomic mass is 10.1. The van der Waals surface area contributed by atoms with Crippen molar-refractivity contribution in [2.45, 2.75) is 18.0 Å². The molecule has 0 amide bonds. The lowest BCUT2D eigenvalue weighted by molar-refractivity contribution is -0.921. The molecular formula is C18H22ClN2O3S+. The first kappa shape index (κ1) is 18.4. The molecule has 0 saturated carbocycles. The standard InChI is InChI=1S/C18H21ClN2O3S/c19-17-7-3-4-8-18(17)25(22,23)20-13-15-5-1-2-6-16(15)14-21-9-11-24-12-10-21/h1-8,20H,9-14H2/p+1. The average molecular weight is 382 g/mol. The van der Waals surface area contributed by atoms with E-state index < -0.39 is 10.0 Å². The third-order valence-corrected chi connectivity index (χ3v) is 6.24. The number of nitrogens with one attached hydrogen (secondary N) is 2. The van der Waals surface area contributed by atoms with Crippen molar-refractivity contribution in [1.29, 1.82) is 0 Å². The first-order chi connectivity index (χ1) is 12.1. The Labute approximate surface area is 153 Å². The number of rotatable bonds is 6. The van der Waals surface area contributed by atoms with Gasteiger partial charge in [-0.15, -0.1) is 0 Å². The largest absolute Gasteiger partial charge is 0.370 e. The molecule has 7 heteroatoms. The fourth-order valence-electron chi connectivity index (χ4n) is 2.92. The molecule has 0 aliphatic carbocycles. The molecule has 0 radical (unpaired) electrons. The molecule has 1 saturated heterocycles. The highest BCUT2D eigenvalue weighted by atomic mass is 35.5. The van der Waals surface area contributed by atoms with Gasteiger partial charge in [-0.25, -0.2) is 13.1 Å². The Morgan fingerprint density at radius 2 is 1.64 bits per heavy atom. The van der Waals surface area contributed by atoms with Crippen LogP contribution >= 0.6 is 11.6 Å². The van der Waals surface area contributed by atoms with E-state index in [9.17, 15) is 8.42 Å². The predicted molar refractivity (Wildman–Crippen MR) is 97.1 cm³/mol. The summed E-state index contributed by atoms with van der Waals surface area (Å²) in [5.74, 6) is 0. The zero-order valence-electron chi connectivity index (χ0n) is 13.9. The van der Waals surface area contributed by atoms with Gasteiger partial charge in [0, 0.05) is 12.1 Å². The third-order valence-electron chi connectivity index (χ3n) is 4.34. The first-order valence-corrected chi connectivity index (χ1v) is 10.1. The van der Waals surface area contributed by atoms with Crippen LogP contribution in [0.25, 0.3) is 0 Å². The second-order valence-electron chi connectivity index (χ2n) is 6.06. The molecule has 3 rings (SSSR count). The number of hydrogen-bond acceptors (Lipinski definition) is 3. The highest BCUT2D eigenvalue weighted by Crippen LogP contribution is 2.20. The summed E-state index contributed by atoms with van der Waals surface area (Å²) in [6, 6.07) is 14.4. The van der Waals surface area contributed by atoms with Crippen molar-refractivity contribution in [1.82, 2.24) is 4.72 Å². The van der Waals surface area contributed by atoms with Crippen molar-refractivity contribution in [3.05, 3.63) is 64.7 Å². The van der Waals surface area contributed by atoms with Gasteiger partial charge in [0.1, 0.15) is 24.5 Å². The van der Waals surface area contributed by atoms with E-state index >= 15 is 0 Å². The SMILES string of the molecule is O=S(=O)(NCc1ccccc1C[NH+]1CCOCC1)c1ccccc1Cl. The maximum absolute atomic E-state index is 12.5. The minimum absolute atomic E-state index is 0.105. The van der Waals surface area contributed by atoms with Crippen LogP contribution in [0.2, 0.25) is 5.02 Å². The maximum Gasteiger partial charge on any atom is 0.242 e. The van der Waals surface area contributed by atoms with Gasteiger partial charge in [-0.3, -0.25) is 0 Å². The lowest BCUT2D eigenvalue weighted by Gasteiger charge is -2.24. The van der Waals surface area contributed by atoms with Crippen LogP contribution in [0.3, 0.4) is 0 Å². The predicted octanol–water partition coefficient (Wildman–Crippen LogP) is 1.23. The van der Waals surface area contributed by atoms with E-state index in [4.69, 9.17) is 16.3 Å². The topological polar surface area (TPSA) is 59.8 Å². The zero-order valence-corrected chi connectivity index (χ0v) is 15.4. The summed E-state index contributed by atoms with van der Waals surface area (Å²) in [5.41, 5.74) is 2.14. The van der Waals surface area contributed by atoms with Crippen LogP contribution in [-0.4, -0.2) is 34.7 Å². The fourth-order valence-corrected chi connectivity index (χ4v) is 4.45. The van der Waals surface area contributed by atoms with Crippen molar-refractivity contribution in [3.8, 4) is 0 Å². The van der Waals surface area contributed by atoms with Gasteiger partial charge in [0.2, 0.25) is 10.0 Å². The van der Waals surface area contributed by atoms with Crippen LogP contribution in [0, 0.1) is 0 Å². The van der Waals surface area contributed by atoms with Gasteiger partial charge >= 0.3 is 0 Å². The quantitative estimate of drug-likeness (QED) is 0.791. The van der Waals surface area contributed by atoms with Crippen LogP contribution < -0.4 is 9.62 Å². The molecule has 1 fully saturated rings. The monoisotopic (exact) mass is 381 g/mol. The second kappa shape index (κ2) is 8.29. The highest BCUT2D eigenvalue weighted by molar-refractivity contribution is 7.89. The molecule has 0 bridgehead atoms. The number of quaternary nitrogens is 1. The van der Waals surface area contributed by atoms with Crippen molar-refractivity contribution >= 4 is 21.6 Å². The zero-order chi connectivity index (χ0) is 17.7. The number of sulfonamides is 1. The average Bonchev–Trinajstić information content (AvgIpc) is 2.62. The molecule has 0 spiro atoms. The third kappa shape index (κ3) is 4.80. The van der Waals surface area contributed by atoms with E-state index in [0.29, 0.717) is 0 Å². The van der Waals surface area contributed by atoms with Crippen LogP contribution in [-0.2, 0) is 27.8 Å². The Balaban J connectivity index is 1.72. The molecule has 5 nitrogen and oxygen atoms in total. The number of hydrogen-bond donors (Lipinski definition) is 2. The Morgan fingerprint density at radius 1 is 1.00 bits per heavy atom. The van der Waals surface area contributed by atoms with E-state index in [1.54, 1.807) is 18.2 Å². The molecule has 2 aromatic rings. The Bertz CT molecular complexity index is 821. The molecule has 134 valence electrons. The summed E-state index contributed by atoms with van der Waals surface area (Å²) in [7, 11) is -3.65. The van der Waals surface area contributed by atoms with Gasteiger partial charge < -0.3 is 9.64 Å². The molecule has 1 aliphatic rings. The van der Waals surface area contributed by atoms with Crippen LogP contribution in [0.1, 0.15) is 11.1 Å². The van der Waals surface area contributed by atoms with E-state index in [-0.39, 0.29) is 16.5 Å². The van der Waals surface area contributed by atoms with Crippen molar-refractivity contribution in [3.63, 3.8) is 0 Å². The molecule has 1 aliphatic heterocycles. The van der Waals surface area contributed by atoms with E-state index in [1.165, 1.54) is 11.0 Å². The molecule has 2 aromatic carbocycles. The molecule has 25 heavy (non-hydrogen) atoms. The van der Waals surface area contributed by atoms with Gasteiger partial charge in [0.15, 0.2) is 0 Å². The minimum atomic E-state index is -3.65. The molecule has 1 heterocycles. The minimum Gasteiger partial charge on any atom is -0.370 e. The van der Waals surface area contributed by atoms with Crippen LogP contribution in [0.4, 0.5) is 0 Å². The van der Waals surface area contributed by atoms with Crippen LogP contribution in [0.15, 0.2) is 53.4 Å². The first-order valence-electron chi connectivity index (χ1n) is 8.28. The summed E-state index contributed by atoms with van der Waals surface area (Å²) in [6.45, 7) is 4.60. The van der Waals surface area contributed by atoms with Crippen molar-refractivity contribution in [2.75, 3.05) is 26.3 Å². The Morgan fingerprint density at radius 3 is 2.36 bits per heavy atom. The smallest absolute Gasteiger partial charge is 0.242 e. The number of morpholine rings is 1. The number of ether oxygens (including phenoxy) is 1. The van der Waals surface area contributed by atoms with Crippen molar-refractivity contribution < 1.29 is 18.1 Å². The highest BCUT2D eigenvalue weighted by Gasteiger charge is 2.19. The van der Waals surface area contributed by atoms with Gasteiger partial charge in [-0.1, -0.05) is 48.0 Å². The van der Waals surface area contributed by atoms with Crippen LogP contribution in [0.5, 0.6) is 0 Å². The summed E-state index contributed by atoms with van der Waals surface area (Å²) in [6.07, 6.45) is 0. The van der Waals surface area contributed by atoms with Gasteiger partial charge in [0.05, 0.1) is 18.2 Å². The molecule has 2 N–H and O–H groups in total. The Kier molecular flexibility index (Phi) is 6.09. The summed E-state index contributed by atoms with van der Waals surface area (Å²) >= 11 is 6.02. The number of benzene rings is 2. The summed E-state index contributed by atoms with van der Waals surface area (Å²) in [5, 5.41) is 0.223. The molecule has 0 atom stereocenters. The van der Waals surface area contributed by atoms with Gasteiger partial charge in [-0.2, -0.15) is 0 Å². The van der Waals surface area contributed by atoms with Gasteiger partial charge in [-0.05, 0) is 17.7 Å². The lowest BCUT2D eigenvalue weighted by Crippen LogP contribution is -3.12. The molecule has 0 aromatic heterocycles. The van der Waals surface area contributed by atoms with E-state index in [1.807, 2.05) is 18.2 Å². The maximum atomic E-state index is 12.5. The summed E-state index contributed by atoms with van der Waals surface area (Å²) in [4.78, 5) is 1.56. The van der Waals surface area contributed by atoms with Gasteiger partial charge in [0.25, 0.3) is 0 Å². The Hall–Kier alpha value is -1.44. The van der Waals surface area contributed by atoms with E-state index in [2.05, 4.69) is 10.8 Å². The van der Waals surface area contributed by atoms with Crippen molar-refractivity contribution in [2.24, 2.45) is 0 Å². The molecular weight excluding hydrogens is 360 g/mol. The summed E-state index contributed by atoms with van der Waals surface area (Å²) < 4.78 is 33.1. The number of halogens is 1.